The third-order valence-electron chi connectivity index (χ3n) is 10.9. The minimum Gasteiger partial charge on any atom is -0.393 e. The van der Waals surface area contributed by atoms with Crippen molar-refractivity contribution in [3.63, 3.8) is 0 Å². The summed E-state index contributed by atoms with van der Waals surface area (Å²) in [5.41, 5.74) is 11.0. The molecule has 4 aliphatic carbocycles. The number of aliphatic hydroxyl groups excluding tert-OH is 1. The van der Waals surface area contributed by atoms with Crippen LogP contribution in [0.15, 0.2) is 23.2 Å². The summed E-state index contributed by atoms with van der Waals surface area (Å²) in [5.74, 6) is 4.82. The van der Waals surface area contributed by atoms with Crippen LogP contribution in [0.4, 0.5) is 0 Å². The summed E-state index contributed by atoms with van der Waals surface area (Å²) in [6.07, 6.45) is 11.6. The summed E-state index contributed by atoms with van der Waals surface area (Å²) in [6.45, 7) is 5.99. The van der Waals surface area contributed by atoms with Gasteiger partial charge in [0, 0.05) is 5.56 Å². The lowest BCUT2D eigenvalue weighted by atomic mass is 9.44. The van der Waals surface area contributed by atoms with Crippen LogP contribution in [0.25, 0.3) is 0 Å². The molecule has 1 aromatic carbocycles. The zero-order chi connectivity index (χ0) is 20.7. The van der Waals surface area contributed by atoms with Crippen LogP contribution in [-0.4, -0.2) is 17.0 Å². The van der Waals surface area contributed by atoms with Gasteiger partial charge in [0.05, 0.1) is 12.6 Å². The van der Waals surface area contributed by atoms with Crippen molar-refractivity contribution in [2.24, 2.45) is 45.2 Å². The van der Waals surface area contributed by atoms with Crippen molar-refractivity contribution in [3.05, 3.63) is 34.9 Å². The van der Waals surface area contributed by atoms with Gasteiger partial charge in [0.15, 0.2) is 0 Å². The fraction of sp³-hybridized carbons (Fsp3) is 0.741. The van der Waals surface area contributed by atoms with Gasteiger partial charge in [-0.3, -0.25) is 4.99 Å². The quantitative estimate of drug-likeness (QED) is 0.657. The Morgan fingerprint density at radius 3 is 2.63 bits per heavy atom. The van der Waals surface area contributed by atoms with Crippen LogP contribution in [0.3, 0.4) is 0 Å². The Kier molecular flexibility index (Phi) is 4.24. The molecule has 3 nitrogen and oxygen atoms in total. The highest BCUT2D eigenvalue weighted by molar-refractivity contribution is 6.00. The predicted octanol–water partition coefficient (Wildman–Crippen LogP) is 5.39. The average molecular weight is 407 g/mol. The summed E-state index contributed by atoms with van der Waals surface area (Å²) in [5, 5.41) is 10.3. The number of fused-ring (bicyclic) bond motifs is 6. The van der Waals surface area contributed by atoms with Crippen LogP contribution in [-0.2, 0) is 6.54 Å². The molecule has 1 aromatic rings. The lowest BCUT2D eigenvalue weighted by Gasteiger charge is -2.61. The summed E-state index contributed by atoms with van der Waals surface area (Å²) >= 11 is 0. The van der Waals surface area contributed by atoms with Crippen LogP contribution in [0.5, 0.6) is 0 Å². The molecule has 0 radical (unpaired) electrons. The van der Waals surface area contributed by atoms with E-state index in [1.165, 1.54) is 50.5 Å². The van der Waals surface area contributed by atoms with Crippen LogP contribution in [0.1, 0.15) is 94.2 Å². The number of benzene rings is 1. The Balaban J connectivity index is 1.28. The Morgan fingerprint density at radius 1 is 0.967 bits per heavy atom. The Hall–Kier alpha value is -1.35. The maximum Gasteiger partial charge on any atom is 0.126 e. The zero-order valence-electron chi connectivity index (χ0n) is 18.7. The van der Waals surface area contributed by atoms with E-state index in [2.05, 4.69) is 37.0 Å². The molecule has 0 bridgehead atoms. The highest BCUT2D eigenvalue weighted by Gasteiger charge is 2.60. The molecule has 30 heavy (non-hydrogen) atoms. The minimum absolute atomic E-state index is 0.0397. The van der Waals surface area contributed by atoms with Gasteiger partial charge in [-0.05, 0) is 109 Å². The molecular formula is C27H38N2O. The van der Waals surface area contributed by atoms with Crippen molar-refractivity contribution >= 4 is 5.84 Å². The zero-order valence-corrected chi connectivity index (χ0v) is 18.7. The van der Waals surface area contributed by atoms with Gasteiger partial charge < -0.3 is 10.8 Å². The topological polar surface area (TPSA) is 58.6 Å². The predicted molar refractivity (Wildman–Crippen MR) is 121 cm³/mol. The first kappa shape index (κ1) is 19.3. The number of hydrogen-bond donors (Lipinski definition) is 2. The second-order valence-electron chi connectivity index (χ2n) is 11.9. The fourth-order valence-corrected chi connectivity index (χ4v) is 9.25. The normalized spacial score (nSPS) is 47.1. The number of amidine groups is 1. The van der Waals surface area contributed by atoms with Crippen LogP contribution in [0, 0.1) is 34.5 Å². The molecular weight excluding hydrogens is 368 g/mol. The molecule has 3 heteroatoms. The van der Waals surface area contributed by atoms with Gasteiger partial charge >= 0.3 is 0 Å². The lowest BCUT2D eigenvalue weighted by Crippen LogP contribution is -2.53. The monoisotopic (exact) mass is 406 g/mol. The van der Waals surface area contributed by atoms with Crippen molar-refractivity contribution in [1.82, 2.24) is 0 Å². The van der Waals surface area contributed by atoms with E-state index in [9.17, 15) is 5.11 Å². The van der Waals surface area contributed by atoms with Crippen molar-refractivity contribution in [3.8, 4) is 0 Å². The third kappa shape index (κ3) is 2.57. The SMILES string of the molecule is C[C@]12CC[C@@H](O)C[C@@H]1CC[C@@H]1[C@@H]2CC[C@]2(C)[C@@H](c3ccc4c(c3)CN=C4N)CC[C@@H]12. The number of nitrogens with two attached hydrogens (primary N) is 1. The molecule has 0 unspecified atom stereocenters. The van der Waals surface area contributed by atoms with E-state index in [0.717, 1.165) is 54.5 Å². The van der Waals surface area contributed by atoms with Crippen molar-refractivity contribution < 1.29 is 5.11 Å². The van der Waals surface area contributed by atoms with E-state index in [-0.39, 0.29) is 6.10 Å². The largest absolute Gasteiger partial charge is 0.393 e. The molecule has 0 spiro atoms. The van der Waals surface area contributed by atoms with E-state index >= 15 is 0 Å². The van der Waals surface area contributed by atoms with Crippen molar-refractivity contribution in [2.45, 2.75) is 90.2 Å². The first-order chi connectivity index (χ1) is 14.4. The molecule has 4 saturated carbocycles. The number of rotatable bonds is 1. The number of aliphatic hydroxyl groups is 1. The molecule has 0 aromatic heterocycles. The molecule has 1 heterocycles. The highest BCUT2D eigenvalue weighted by Crippen LogP contribution is 2.69. The summed E-state index contributed by atoms with van der Waals surface area (Å²) in [4.78, 5) is 4.45. The smallest absolute Gasteiger partial charge is 0.126 e. The van der Waals surface area contributed by atoms with Crippen LogP contribution >= 0.6 is 0 Å². The van der Waals surface area contributed by atoms with Gasteiger partial charge in [0.25, 0.3) is 0 Å². The van der Waals surface area contributed by atoms with Gasteiger partial charge in [0.2, 0.25) is 0 Å². The van der Waals surface area contributed by atoms with E-state index in [1.807, 2.05) is 0 Å². The van der Waals surface area contributed by atoms with E-state index in [4.69, 9.17) is 5.73 Å². The highest BCUT2D eigenvalue weighted by atomic mass is 16.3. The second-order valence-corrected chi connectivity index (χ2v) is 11.9. The first-order valence-corrected chi connectivity index (χ1v) is 12.5. The number of hydrogen-bond acceptors (Lipinski definition) is 3. The second kappa shape index (κ2) is 6.58. The van der Waals surface area contributed by atoms with Gasteiger partial charge in [-0.25, -0.2) is 0 Å². The number of aliphatic imine (C=N–C) groups is 1. The van der Waals surface area contributed by atoms with E-state index in [0.29, 0.717) is 16.7 Å². The lowest BCUT2D eigenvalue weighted by molar-refractivity contribution is -0.122. The summed E-state index contributed by atoms with van der Waals surface area (Å²) in [7, 11) is 0. The van der Waals surface area contributed by atoms with Crippen LogP contribution < -0.4 is 5.73 Å². The first-order valence-electron chi connectivity index (χ1n) is 12.5. The Morgan fingerprint density at radius 2 is 1.77 bits per heavy atom. The number of nitrogens with zero attached hydrogens (tertiary/aromatic N) is 1. The maximum absolute atomic E-state index is 10.3. The molecule has 3 N–H and O–H groups in total. The van der Waals surface area contributed by atoms with Crippen LogP contribution in [0.2, 0.25) is 0 Å². The maximum atomic E-state index is 10.3. The standard InChI is InChI=1S/C27H38N2O/c1-26-11-9-19(30)14-18(26)4-6-21-23-8-7-22(27(23,2)12-10-24(21)26)16-3-5-20-17(13-16)15-29-25(20)28/h3,5,13,18-19,21-24,30H,4,6-12,14-15H2,1-2H3,(H2,28,29)/t18-,19+,21-,22+,23-,24-,26-,27+/m0/s1. The average Bonchev–Trinajstić information content (AvgIpc) is 3.28. The molecule has 6 rings (SSSR count). The molecule has 0 amide bonds. The van der Waals surface area contributed by atoms with Crippen molar-refractivity contribution in [2.75, 3.05) is 0 Å². The molecule has 0 saturated heterocycles. The third-order valence-corrected chi connectivity index (χ3v) is 10.9. The molecule has 5 aliphatic rings. The minimum atomic E-state index is -0.0397. The molecule has 1 aliphatic heterocycles. The Labute approximate surface area is 181 Å². The van der Waals surface area contributed by atoms with Gasteiger partial charge in [-0.15, -0.1) is 0 Å². The van der Waals surface area contributed by atoms with Crippen molar-refractivity contribution in [1.29, 1.82) is 0 Å². The van der Waals surface area contributed by atoms with E-state index < -0.39 is 0 Å². The van der Waals surface area contributed by atoms with Gasteiger partial charge in [0.1, 0.15) is 5.84 Å². The fourth-order valence-electron chi connectivity index (χ4n) is 9.25. The van der Waals surface area contributed by atoms with Gasteiger partial charge in [-0.1, -0.05) is 32.0 Å². The van der Waals surface area contributed by atoms with E-state index in [1.54, 1.807) is 5.56 Å². The molecule has 162 valence electrons. The Bertz CT molecular complexity index is 893. The molecule has 4 fully saturated rings. The van der Waals surface area contributed by atoms with Gasteiger partial charge in [-0.2, -0.15) is 0 Å². The summed E-state index contributed by atoms with van der Waals surface area (Å²) in [6, 6.07) is 7.03. The molecule has 8 atom stereocenters. The summed E-state index contributed by atoms with van der Waals surface area (Å²) < 4.78 is 0.